The van der Waals surface area contributed by atoms with Gasteiger partial charge >= 0.3 is 7.82 Å². The Balaban J connectivity index is 1.80. The highest BCUT2D eigenvalue weighted by atomic mass is 31.2. The van der Waals surface area contributed by atoms with Gasteiger partial charge in [-0.2, -0.15) is 0 Å². The normalized spacial score (nSPS) is 11.8. The zero-order chi connectivity index (χ0) is 19.2. The topological polar surface area (TPSA) is 44.8 Å². The standard InChI is InChI=1S/C22H23O4P/c1-22(2,19-12-6-3-7-13-19)18-24-27(23,25-20-14-8-4-9-15-20)26-21-16-10-5-11-17-21/h3-17H,18H2,1-2H3. The van der Waals surface area contributed by atoms with Gasteiger partial charge in [0, 0.05) is 5.41 Å². The van der Waals surface area contributed by atoms with Crippen molar-refractivity contribution in [3.63, 3.8) is 0 Å². The molecule has 0 fully saturated rings. The first-order valence-electron chi connectivity index (χ1n) is 8.76. The largest absolute Gasteiger partial charge is 0.587 e. The van der Waals surface area contributed by atoms with Crippen molar-refractivity contribution in [2.45, 2.75) is 19.3 Å². The number of para-hydroxylation sites is 2. The summed E-state index contributed by atoms with van der Waals surface area (Å²) in [5.41, 5.74) is 0.716. The monoisotopic (exact) mass is 382 g/mol. The zero-order valence-corrected chi connectivity index (χ0v) is 16.3. The number of benzene rings is 3. The van der Waals surface area contributed by atoms with Crippen LogP contribution in [0.15, 0.2) is 91.0 Å². The van der Waals surface area contributed by atoms with Crippen LogP contribution in [-0.4, -0.2) is 6.61 Å². The first kappa shape index (κ1) is 19.2. The predicted octanol–water partition coefficient (Wildman–Crippen LogP) is 6.25. The number of hydrogen-bond donors (Lipinski definition) is 0. The third-order valence-electron chi connectivity index (χ3n) is 4.06. The van der Waals surface area contributed by atoms with E-state index in [-0.39, 0.29) is 12.0 Å². The van der Waals surface area contributed by atoms with Crippen molar-refractivity contribution >= 4 is 7.82 Å². The summed E-state index contributed by atoms with van der Waals surface area (Å²) in [4.78, 5) is 0. The molecule has 3 aromatic rings. The smallest absolute Gasteiger partial charge is 0.395 e. The lowest BCUT2D eigenvalue weighted by Crippen LogP contribution is -2.25. The minimum atomic E-state index is -3.88. The van der Waals surface area contributed by atoms with Crippen LogP contribution in [0.4, 0.5) is 0 Å². The maximum atomic E-state index is 13.4. The molecular weight excluding hydrogens is 359 g/mol. The molecule has 27 heavy (non-hydrogen) atoms. The van der Waals surface area contributed by atoms with Crippen molar-refractivity contribution in [3.8, 4) is 11.5 Å². The van der Waals surface area contributed by atoms with E-state index >= 15 is 0 Å². The van der Waals surface area contributed by atoms with Crippen LogP contribution in [-0.2, 0) is 14.5 Å². The summed E-state index contributed by atoms with van der Waals surface area (Å²) in [6.07, 6.45) is 0. The summed E-state index contributed by atoms with van der Waals surface area (Å²) in [7, 11) is -3.88. The van der Waals surface area contributed by atoms with Crippen LogP contribution in [0.3, 0.4) is 0 Å². The molecular formula is C22H23O4P. The first-order chi connectivity index (χ1) is 13.0. The fraction of sp³-hybridized carbons (Fsp3) is 0.182. The number of phosphoric acid groups is 1. The van der Waals surface area contributed by atoms with Gasteiger partial charge in [-0.1, -0.05) is 80.6 Å². The predicted molar refractivity (Wildman–Crippen MR) is 107 cm³/mol. The Morgan fingerprint density at radius 1 is 0.704 bits per heavy atom. The molecule has 0 spiro atoms. The highest BCUT2D eigenvalue weighted by Gasteiger charge is 2.34. The van der Waals surface area contributed by atoms with Crippen LogP contribution in [0.2, 0.25) is 0 Å². The van der Waals surface area contributed by atoms with E-state index < -0.39 is 7.82 Å². The SMILES string of the molecule is CC(C)(COP(=O)(Oc1ccccc1)Oc1ccccc1)c1ccccc1. The molecule has 0 bridgehead atoms. The van der Waals surface area contributed by atoms with Crippen LogP contribution in [0.5, 0.6) is 11.5 Å². The summed E-state index contributed by atoms with van der Waals surface area (Å²) in [6, 6.07) is 27.7. The molecule has 0 atom stereocenters. The van der Waals surface area contributed by atoms with Gasteiger partial charge in [-0.05, 0) is 29.8 Å². The molecule has 0 N–H and O–H groups in total. The van der Waals surface area contributed by atoms with E-state index in [9.17, 15) is 4.57 Å². The van der Waals surface area contributed by atoms with Gasteiger partial charge in [0.15, 0.2) is 0 Å². The van der Waals surface area contributed by atoms with E-state index in [1.54, 1.807) is 48.5 Å². The molecule has 0 radical (unpaired) electrons. The lowest BCUT2D eigenvalue weighted by Gasteiger charge is -2.27. The summed E-state index contributed by atoms with van der Waals surface area (Å²) >= 11 is 0. The van der Waals surface area contributed by atoms with Gasteiger partial charge in [-0.3, -0.25) is 4.52 Å². The van der Waals surface area contributed by atoms with Crippen LogP contribution in [0.1, 0.15) is 19.4 Å². The zero-order valence-electron chi connectivity index (χ0n) is 15.4. The van der Waals surface area contributed by atoms with Gasteiger partial charge in [0.2, 0.25) is 0 Å². The molecule has 0 unspecified atom stereocenters. The third kappa shape index (κ3) is 5.46. The van der Waals surface area contributed by atoms with Crippen molar-refractivity contribution in [2.24, 2.45) is 0 Å². The van der Waals surface area contributed by atoms with E-state index in [1.165, 1.54) is 0 Å². The number of rotatable bonds is 8. The van der Waals surface area contributed by atoms with E-state index in [4.69, 9.17) is 13.6 Å². The molecule has 0 aliphatic rings. The molecule has 5 heteroatoms. The maximum absolute atomic E-state index is 13.4. The average Bonchev–Trinajstić information content (AvgIpc) is 2.69. The van der Waals surface area contributed by atoms with Crippen LogP contribution >= 0.6 is 7.82 Å². The lowest BCUT2D eigenvalue weighted by atomic mass is 9.86. The summed E-state index contributed by atoms with van der Waals surface area (Å²) in [5, 5.41) is 0. The fourth-order valence-corrected chi connectivity index (χ4v) is 3.89. The van der Waals surface area contributed by atoms with Crippen molar-refractivity contribution < 1.29 is 18.1 Å². The Labute approximate surface area is 160 Å². The Hall–Kier alpha value is -2.55. The van der Waals surface area contributed by atoms with Gasteiger partial charge in [0.1, 0.15) is 11.5 Å². The Morgan fingerprint density at radius 2 is 1.11 bits per heavy atom. The van der Waals surface area contributed by atoms with Gasteiger partial charge < -0.3 is 9.05 Å². The fourth-order valence-electron chi connectivity index (χ4n) is 2.51. The van der Waals surface area contributed by atoms with Crippen molar-refractivity contribution in [1.82, 2.24) is 0 Å². The molecule has 140 valence electrons. The molecule has 0 amide bonds. The Morgan fingerprint density at radius 3 is 1.56 bits per heavy atom. The second-order valence-corrected chi connectivity index (χ2v) is 8.30. The van der Waals surface area contributed by atoms with Crippen molar-refractivity contribution in [3.05, 3.63) is 96.6 Å². The van der Waals surface area contributed by atoms with Gasteiger partial charge in [-0.15, -0.1) is 0 Å². The van der Waals surface area contributed by atoms with Gasteiger partial charge in [-0.25, -0.2) is 4.57 Å². The van der Waals surface area contributed by atoms with Crippen molar-refractivity contribution in [1.29, 1.82) is 0 Å². The summed E-state index contributed by atoms with van der Waals surface area (Å²) in [5.74, 6) is 0.851. The highest BCUT2D eigenvalue weighted by Crippen LogP contribution is 2.50. The quantitative estimate of drug-likeness (QED) is 0.432. The molecule has 0 heterocycles. The van der Waals surface area contributed by atoms with Crippen molar-refractivity contribution in [2.75, 3.05) is 6.61 Å². The molecule has 3 rings (SSSR count). The minimum Gasteiger partial charge on any atom is -0.395 e. The summed E-state index contributed by atoms with van der Waals surface area (Å²) < 4.78 is 30.4. The highest BCUT2D eigenvalue weighted by molar-refractivity contribution is 7.49. The van der Waals surface area contributed by atoms with E-state index in [2.05, 4.69) is 0 Å². The Kier molecular flexibility index (Phi) is 6.00. The first-order valence-corrected chi connectivity index (χ1v) is 10.2. The van der Waals surface area contributed by atoms with E-state index in [1.807, 2.05) is 56.3 Å². The number of phosphoric ester groups is 1. The molecule has 4 nitrogen and oxygen atoms in total. The van der Waals surface area contributed by atoms with Crippen LogP contribution in [0, 0.1) is 0 Å². The third-order valence-corrected chi connectivity index (χ3v) is 5.37. The van der Waals surface area contributed by atoms with Gasteiger partial charge in [0.25, 0.3) is 0 Å². The van der Waals surface area contributed by atoms with E-state index in [0.29, 0.717) is 11.5 Å². The van der Waals surface area contributed by atoms with Crippen LogP contribution in [0.25, 0.3) is 0 Å². The van der Waals surface area contributed by atoms with Crippen LogP contribution < -0.4 is 9.05 Å². The molecule has 0 saturated carbocycles. The second-order valence-electron chi connectivity index (χ2n) is 6.78. The second kappa shape index (κ2) is 8.43. The molecule has 0 aromatic heterocycles. The molecule has 0 aliphatic carbocycles. The summed E-state index contributed by atoms with van der Waals surface area (Å²) in [6.45, 7) is 4.23. The maximum Gasteiger partial charge on any atom is 0.587 e. The Bertz CT molecular complexity index is 834. The molecule has 0 aliphatic heterocycles. The lowest BCUT2D eigenvalue weighted by molar-refractivity contribution is 0.173. The van der Waals surface area contributed by atoms with Gasteiger partial charge in [0.05, 0.1) is 6.61 Å². The minimum absolute atomic E-state index is 0.175. The average molecular weight is 382 g/mol. The number of hydrogen-bond acceptors (Lipinski definition) is 4. The molecule has 3 aromatic carbocycles. The van der Waals surface area contributed by atoms with E-state index in [0.717, 1.165) is 5.56 Å². The molecule has 0 saturated heterocycles.